The summed E-state index contributed by atoms with van der Waals surface area (Å²) < 4.78 is 1.51. The Labute approximate surface area is 128 Å². The van der Waals surface area contributed by atoms with Gasteiger partial charge < -0.3 is 5.11 Å². The summed E-state index contributed by atoms with van der Waals surface area (Å²) in [6.07, 6.45) is 4.47. The molecule has 1 aliphatic rings. The lowest BCUT2D eigenvalue weighted by atomic mass is 9.77. The number of pyridine rings is 1. The van der Waals surface area contributed by atoms with E-state index < -0.39 is 0 Å². The van der Waals surface area contributed by atoms with Gasteiger partial charge in [-0.1, -0.05) is 26.0 Å². The van der Waals surface area contributed by atoms with E-state index in [4.69, 9.17) is 5.26 Å². The number of benzene rings is 1. The molecule has 0 fully saturated rings. The lowest BCUT2D eigenvalue weighted by Crippen LogP contribution is -2.25. The van der Waals surface area contributed by atoms with Gasteiger partial charge >= 0.3 is 0 Å². The molecule has 1 heterocycles. The van der Waals surface area contributed by atoms with E-state index in [0.29, 0.717) is 5.56 Å². The quantitative estimate of drug-likeness (QED) is 0.879. The summed E-state index contributed by atoms with van der Waals surface area (Å²) in [5, 5.41) is 18.6. The van der Waals surface area contributed by atoms with Crippen LogP contribution in [0.4, 0.5) is 0 Å². The summed E-state index contributed by atoms with van der Waals surface area (Å²) >= 11 is 0. The van der Waals surface area contributed by atoms with Crippen molar-refractivity contribution in [3.8, 4) is 11.8 Å². The average molecular weight is 292 g/mol. The number of fused-ring (bicyclic) bond motifs is 1. The SMILES string of the molecule is CC1(C)C=C(n2ccc(O)cc2=O)c2cc(C#N)ccc2C1. The minimum absolute atomic E-state index is 0.0529. The Kier molecular flexibility index (Phi) is 3.14. The average Bonchev–Trinajstić information content (AvgIpc) is 2.45. The fourth-order valence-electron chi connectivity index (χ4n) is 2.90. The molecule has 22 heavy (non-hydrogen) atoms. The standard InChI is InChI=1S/C18H16N2O2/c1-18(2)9-13-4-3-12(11-19)7-15(13)16(10-18)20-6-5-14(21)8-17(20)22/h3-8,10,21H,9H2,1-2H3. The number of hydrogen-bond donors (Lipinski definition) is 1. The largest absolute Gasteiger partial charge is 0.508 e. The molecule has 0 unspecified atom stereocenters. The van der Waals surface area contributed by atoms with Crippen molar-refractivity contribution in [1.29, 1.82) is 5.26 Å². The molecule has 1 aliphatic carbocycles. The monoisotopic (exact) mass is 292 g/mol. The number of nitrogens with zero attached hydrogens (tertiary/aromatic N) is 2. The zero-order valence-corrected chi connectivity index (χ0v) is 12.5. The number of rotatable bonds is 1. The van der Waals surface area contributed by atoms with Crippen LogP contribution < -0.4 is 5.56 Å². The molecule has 4 heteroatoms. The van der Waals surface area contributed by atoms with Gasteiger partial charge in [-0.05, 0) is 35.6 Å². The minimum Gasteiger partial charge on any atom is -0.508 e. The van der Waals surface area contributed by atoms with Crippen LogP contribution in [-0.4, -0.2) is 9.67 Å². The second kappa shape index (κ2) is 4.88. The van der Waals surface area contributed by atoms with Crippen LogP contribution in [0.15, 0.2) is 47.4 Å². The number of nitriles is 1. The Balaban J connectivity index is 2.27. The molecule has 0 amide bonds. The fraction of sp³-hybridized carbons (Fsp3) is 0.222. The molecule has 1 aromatic heterocycles. The fourth-order valence-corrected chi connectivity index (χ4v) is 2.90. The van der Waals surface area contributed by atoms with Crippen LogP contribution >= 0.6 is 0 Å². The van der Waals surface area contributed by atoms with Gasteiger partial charge in [0.05, 0.1) is 17.3 Å². The van der Waals surface area contributed by atoms with E-state index >= 15 is 0 Å². The van der Waals surface area contributed by atoms with E-state index in [9.17, 15) is 9.90 Å². The second-order valence-corrected chi connectivity index (χ2v) is 6.27. The van der Waals surface area contributed by atoms with Gasteiger partial charge in [0.1, 0.15) is 5.75 Å². The lowest BCUT2D eigenvalue weighted by Gasteiger charge is -2.30. The molecule has 0 atom stereocenters. The Morgan fingerprint density at radius 2 is 2.05 bits per heavy atom. The maximum atomic E-state index is 12.2. The number of hydrogen-bond acceptors (Lipinski definition) is 3. The van der Waals surface area contributed by atoms with E-state index in [2.05, 4.69) is 26.0 Å². The Morgan fingerprint density at radius 3 is 2.73 bits per heavy atom. The molecule has 0 spiro atoms. The highest BCUT2D eigenvalue weighted by molar-refractivity contribution is 5.72. The second-order valence-electron chi connectivity index (χ2n) is 6.27. The van der Waals surface area contributed by atoms with Crippen LogP contribution in [0.5, 0.6) is 5.75 Å². The van der Waals surface area contributed by atoms with E-state index in [0.717, 1.165) is 23.2 Å². The van der Waals surface area contributed by atoms with E-state index in [-0.39, 0.29) is 16.7 Å². The normalized spacial score (nSPS) is 15.6. The highest BCUT2D eigenvalue weighted by Crippen LogP contribution is 2.37. The molecule has 1 N–H and O–H groups in total. The van der Waals surface area contributed by atoms with Crippen LogP contribution in [0, 0.1) is 16.7 Å². The Morgan fingerprint density at radius 1 is 1.27 bits per heavy atom. The highest BCUT2D eigenvalue weighted by atomic mass is 16.3. The van der Waals surface area contributed by atoms with Gasteiger partial charge in [-0.3, -0.25) is 9.36 Å². The number of allylic oxidation sites excluding steroid dienone is 1. The van der Waals surface area contributed by atoms with Crippen molar-refractivity contribution in [2.75, 3.05) is 0 Å². The first kappa shape index (κ1) is 14.2. The molecule has 0 aliphatic heterocycles. The summed E-state index contributed by atoms with van der Waals surface area (Å²) in [5.41, 5.74) is 2.95. The summed E-state index contributed by atoms with van der Waals surface area (Å²) in [5.74, 6) is -0.0529. The van der Waals surface area contributed by atoms with E-state index in [1.807, 2.05) is 12.1 Å². The Hall–Kier alpha value is -2.80. The van der Waals surface area contributed by atoms with Gasteiger partial charge in [-0.15, -0.1) is 0 Å². The van der Waals surface area contributed by atoms with Crippen molar-refractivity contribution in [2.45, 2.75) is 20.3 Å². The molecule has 2 aromatic rings. The summed E-state index contributed by atoms with van der Waals surface area (Å²) in [7, 11) is 0. The van der Waals surface area contributed by atoms with Crippen molar-refractivity contribution in [3.05, 3.63) is 69.6 Å². The van der Waals surface area contributed by atoms with Crippen LogP contribution in [0.25, 0.3) is 5.70 Å². The van der Waals surface area contributed by atoms with Crippen LogP contribution in [0.2, 0.25) is 0 Å². The Bertz CT molecular complexity index is 883. The van der Waals surface area contributed by atoms with Gasteiger partial charge in [0.2, 0.25) is 0 Å². The van der Waals surface area contributed by atoms with E-state index in [1.165, 1.54) is 16.7 Å². The summed E-state index contributed by atoms with van der Waals surface area (Å²) in [4.78, 5) is 12.2. The molecule has 4 nitrogen and oxygen atoms in total. The minimum atomic E-state index is -0.294. The first-order valence-electron chi connectivity index (χ1n) is 7.08. The van der Waals surface area contributed by atoms with Crippen LogP contribution in [0.3, 0.4) is 0 Å². The smallest absolute Gasteiger partial charge is 0.258 e. The third-order valence-corrected chi connectivity index (χ3v) is 3.85. The molecule has 0 saturated carbocycles. The third-order valence-electron chi connectivity index (χ3n) is 3.85. The first-order valence-corrected chi connectivity index (χ1v) is 7.08. The third kappa shape index (κ3) is 2.42. The maximum absolute atomic E-state index is 12.2. The predicted molar refractivity (Wildman–Crippen MR) is 84.4 cm³/mol. The van der Waals surface area contributed by atoms with E-state index in [1.54, 1.807) is 12.3 Å². The van der Waals surface area contributed by atoms with Crippen molar-refractivity contribution >= 4 is 5.70 Å². The van der Waals surface area contributed by atoms with Gasteiger partial charge in [0.25, 0.3) is 5.56 Å². The molecule has 3 rings (SSSR count). The molecular formula is C18H16N2O2. The van der Waals surface area contributed by atoms with Crippen LogP contribution in [0.1, 0.15) is 30.5 Å². The number of aromatic hydroxyl groups is 1. The van der Waals surface area contributed by atoms with Crippen LogP contribution in [-0.2, 0) is 6.42 Å². The van der Waals surface area contributed by atoms with Crippen molar-refractivity contribution in [1.82, 2.24) is 4.57 Å². The molecule has 0 saturated heterocycles. The van der Waals surface area contributed by atoms with Crippen molar-refractivity contribution < 1.29 is 5.11 Å². The van der Waals surface area contributed by atoms with Gasteiger partial charge in [-0.25, -0.2) is 0 Å². The summed E-state index contributed by atoms with van der Waals surface area (Å²) in [6, 6.07) is 10.4. The zero-order valence-electron chi connectivity index (χ0n) is 12.5. The molecule has 0 bridgehead atoms. The van der Waals surface area contributed by atoms with Gasteiger partial charge in [-0.2, -0.15) is 5.26 Å². The van der Waals surface area contributed by atoms with Gasteiger partial charge in [0.15, 0.2) is 0 Å². The van der Waals surface area contributed by atoms with Crippen molar-refractivity contribution in [2.24, 2.45) is 5.41 Å². The highest BCUT2D eigenvalue weighted by Gasteiger charge is 2.26. The molecule has 1 aromatic carbocycles. The van der Waals surface area contributed by atoms with Crippen molar-refractivity contribution in [3.63, 3.8) is 0 Å². The maximum Gasteiger partial charge on any atom is 0.258 e. The van der Waals surface area contributed by atoms with Gasteiger partial charge in [0, 0.05) is 17.8 Å². The predicted octanol–water partition coefficient (Wildman–Crippen LogP) is 2.90. The lowest BCUT2D eigenvalue weighted by molar-refractivity contribution is 0.468. The summed E-state index contributed by atoms with van der Waals surface area (Å²) in [6.45, 7) is 4.22. The number of aromatic nitrogens is 1. The molecule has 110 valence electrons. The topological polar surface area (TPSA) is 66.0 Å². The molecule has 0 radical (unpaired) electrons. The zero-order chi connectivity index (χ0) is 15.9. The molecular weight excluding hydrogens is 276 g/mol. The first-order chi connectivity index (χ1) is 10.4.